The van der Waals surface area contributed by atoms with Gasteiger partial charge in [0.05, 0.1) is 6.42 Å². The smallest absolute Gasteiger partial charge is 0.305 e. The van der Waals surface area contributed by atoms with Gasteiger partial charge in [-0.1, -0.05) is 31.3 Å². The number of carbonyl (C=O) groups excluding carboxylic acids is 3. The van der Waals surface area contributed by atoms with Gasteiger partial charge in [0.2, 0.25) is 17.5 Å². The molecule has 206 valence electrons. The zero-order valence-electron chi connectivity index (χ0n) is 20.4. The molecular formula is C25H26F4N2O7. The molecule has 0 saturated heterocycles. The van der Waals surface area contributed by atoms with Gasteiger partial charge in [-0.15, -0.1) is 0 Å². The van der Waals surface area contributed by atoms with E-state index < -0.39 is 77.4 Å². The van der Waals surface area contributed by atoms with Gasteiger partial charge < -0.3 is 19.7 Å². The number of aromatic nitrogens is 1. The number of ether oxygens (including phenoxy) is 1. The van der Waals surface area contributed by atoms with E-state index >= 15 is 0 Å². The van der Waals surface area contributed by atoms with Crippen molar-refractivity contribution in [2.75, 3.05) is 6.61 Å². The fourth-order valence-electron chi connectivity index (χ4n) is 4.13. The van der Waals surface area contributed by atoms with Gasteiger partial charge in [0, 0.05) is 30.4 Å². The number of hydrogen-bond donors (Lipinski definition) is 2. The number of ketones is 2. The van der Waals surface area contributed by atoms with E-state index in [0.717, 1.165) is 32.1 Å². The summed E-state index contributed by atoms with van der Waals surface area (Å²) < 4.78 is 64.1. The number of aliphatic carboxylic acids is 1. The molecule has 3 rings (SSSR count). The van der Waals surface area contributed by atoms with Crippen LogP contribution in [-0.4, -0.2) is 46.4 Å². The van der Waals surface area contributed by atoms with Crippen LogP contribution < -0.4 is 10.1 Å². The Morgan fingerprint density at radius 1 is 1.05 bits per heavy atom. The molecule has 2 atom stereocenters. The summed E-state index contributed by atoms with van der Waals surface area (Å²) in [7, 11) is 0. The second kappa shape index (κ2) is 12.7. The molecule has 1 aromatic heterocycles. The standard InChI is InChI=1S/C25H26F4N2O7/c1-12(7-18(32)17-9-20(38-31-17)13-5-3-2-4-6-13)25(36)30-16(10-21(34)35)19(33)11-37-24-22(28)14(26)8-15(27)23(24)29/h8-9,12-13,16H,2-7,10-11H2,1H3,(H,30,36)(H,34,35)/t12-,16+/m1/s1. The molecule has 1 amide bonds. The van der Waals surface area contributed by atoms with E-state index in [1.54, 1.807) is 6.07 Å². The SMILES string of the molecule is C[C@H](CC(=O)c1cc(C2CCCCC2)on1)C(=O)N[C@@H](CC(=O)O)C(=O)COc1c(F)c(F)cc(F)c1F. The van der Waals surface area contributed by atoms with Gasteiger partial charge >= 0.3 is 5.97 Å². The number of amides is 1. The van der Waals surface area contributed by atoms with E-state index in [9.17, 15) is 36.7 Å². The molecular weight excluding hydrogens is 516 g/mol. The van der Waals surface area contributed by atoms with Gasteiger partial charge in [0.25, 0.3) is 0 Å². The van der Waals surface area contributed by atoms with Gasteiger partial charge in [0.15, 0.2) is 29.0 Å². The van der Waals surface area contributed by atoms with Crippen LogP contribution in [0, 0.1) is 29.2 Å². The molecule has 1 fully saturated rings. The molecule has 1 saturated carbocycles. The number of carbonyl (C=O) groups is 4. The number of halogens is 4. The topological polar surface area (TPSA) is 136 Å². The summed E-state index contributed by atoms with van der Waals surface area (Å²) in [6.45, 7) is 0.166. The molecule has 2 aromatic rings. The predicted molar refractivity (Wildman–Crippen MR) is 121 cm³/mol. The average molecular weight is 542 g/mol. The Bertz CT molecular complexity index is 1180. The van der Waals surface area contributed by atoms with Crippen molar-refractivity contribution in [2.45, 2.75) is 63.8 Å². The molecule has 0 unspecified atom stereocenters. The molecule has 9 nitrogen and oxygen atoms in total. The number of carboxylic acid groups (broad SMARTS) is 1. The van der Waals surface area contributed by atoms with E-state index in [-0.39, 0.29) is 24.1 Å². The van der Waals surface area contributed by atoms with Crippen molar-refractivity contribution >= 4 is 23.4 Å². The number of nitrogens with zero attached hydrogens (tertiary/aromatic N) is 1. The Kier molecular flexibility index (Phi) is 9.59. The highest BCUT2D eigenvalue weighted by molar-refractivity contribution is 5.98. The van der Waals surface area contributed by atoms with Gasteiger partial charge in [0.1, 0.15) is 24.1 Å². The second-order valence-electron chi connectivity index (χ2n) is 9.19. The molecule has 13 heteroatoms. The van der Waals surface area contributed by atoms with Crippen LogP contribution in [0.25, 0.3) is 0 Å². The van der Waals surface area contributed by atoms with Crippen LogP contribution in [0.2, 0.25) is 0 Å². The maximum atomic E-state index is 13.8. The average Bonchev–Trinajstić information content (AvgIpc) is 3.38. The van der Waals surface area contributed by atoms with Crippen molar-refractivity contribution in [3.8, 4) is 5.75 Å². The molecule has 0 spiro atoms. The molecule has 2 N–H and O–H groups in total. The third-order valence-corrected chi connectivity index (χ3v) is 6.27. The van der Waals surface area contributed by atoms with Crippen LogP contribution in [0.15, 0.2) is 16.7 Å². The highest BCUT2D eigenvalue weighted by Gasteiger charge is 2.30. The monoisotopic (exact) mass is 542 g/mol. The normalized spacial score (nSPS) is 15.5. The molecule has 1 heterocycles. The van der Waals surface area contributed by atoms with Crippen molar-refractivity contribution in [2.24, 2.45) is 5.92 Å². The molecule has 0 aliphatic heterocycles. The lowest BCUT2D eigenvalue weighted by Gasteiger charge is -2.19. The Hall–Kier alpha value is -3.77. The Morgan fingerprint density at radius 3 is 2.29 bits per heavy atom. The lowest BCUT2D eigenvalue weighted by Crippen LogP contribution is -2.46. The Balaban J connectivity index is 1.60. The first-order chi connectivity index (χ1) is 18.0. The highest BCUT2D eigenvalue weighted by Crippen LogP contribution is 2.33. The molecule has 1 aliphatic carbocycles. The van der Waals surface area contributed by atoms with Crippen molar-refractivity contribution in [3.63, 3.8) is 0 Å². The van der Waals surface area contributed by atoms with E-state index in [2.05, 4.69) is 15.2 Å². The fraction of sp³-hybridized carbons (Fsp3) is 0.480. The van der Waals surface area contributed by atoms with Crippen LogP contribution in [0.3, 0.4) is 0 Å². The van der Waals surface area contributed by atoms with Crippen molar-refractivity contribution in [1.82, 2.24) is 10.5 Å². The summed E-state index contributed by atoms with van der Waals surface area (Å²) in [5.74, 6) is -13.1. The van der Waals surface area contributed by atoms with Crippen LogP contribution in [0.4, 0.5) is 17.6 Å². The minimum Gasteiger partial charge on any atom is -0.481 e. The second-order valence-corrected chi connectivity index (χ2v) is 9.19. The van der Waals surface area contributed by atoms with Crippen LogP contribution in [0.1, 0.15) is 74.0 Å². The van der Waals surface area contributed by atoms with E-state index in [1.165, 1.54) is 6.92 Å². The number of nitrogens with one attached hydrogen (secondary N) is 1. The summed E-state index contributed by atoms with van der Waals surface area (Å²) in [6, 6.07) is -0.220. The molecule has 0 bridgehead atoms. The van der Waals surface area contributed by atoms with Crippen molar-refractivity contribution in [3.05, 3.63) is 46.9 Å². The van der Waals surface area contributed by atoms with Gasteiger partial charge in [-0.25, -0.2) is 8.78 Å². The summed E-state index contributed by atoms with van der Waals surface area (Å²) in [4.78, 5) is 48.9. The third kappa shape index (κ3) is 7.17. The molecule has 0 radical (unpaired) electrons. The minimum absolute atomic E-state index is 0.0446. The Morgan fingerprint density at radius 2 is 1.68 bits per heavy atom. The van der Waals surface area contributed by atoms with Crippen LogP contribution in [-0.2, 0) is 14.4 Å². The fourth-order valence-corrected chi connectivity index (χ4v) is 4.13. The number of Topliss-reactive ketones (excluding diaryl/α,β-unsaturated/α-hetero) is 2. The van der Waals surface area contributed by atoms with Gasteiger partial charge in [-0.3, -0.25) is 19.2 Å². The zero-order valence-corrected chi connectivity index (χ0v) is 20.4. The number of hydrogen-bond acceptors (Lipinski definition) is 7. The van der Waals surface area contributed by atoms with E-state index in [4.69, 9.17) is 9.63 Å². The van der Waals surface area contributed by atoms with E-state index in [0.29, 0.717) is 5.76 Å². The first-order valence-corrected chi connectivity index (χ1v) is 12.0. The third-order valence-electron chi connectivity index (χ3n) is 6.27. The van der Waals surface area contributed by atoms with Crippen molar-refractivity contribution < 1.29 is 51.1 Å². The number of rotatable bonds is 12. The quantitative estimate of drug-likeness (QED) is 0.233. The van der Waals surface area contributed by atoms with Gasteiger partial charge in [-0.2, -0.15) is 8.78 Å². The number of benzene rings is 1. The Labute approximate surface area is 214 Å². The van der Waals surface area contributed by atoms with Gasteiger partial charge in [-0.05, 0) is 12.8 Å². The summed E-state index contributed by atoms with van der Waals surface area (Å²) in [5.41, 5.74) is 0.0446. The number of carboxylic acids is 1. The predicted octanol–water partition coefficient (Wildman–Crippen LogP) is 4.10. The van der Waals surface area contributed by atoms with Crippen LogP contribution >= 0.6 is 0 Å². The molecule has 38 heavy (non-hydrogen) atoms. The largest absolute Gasteiger partial charge is 0.481 e. The van der Waals surface area contributed by atoms with Crippen LogP contribution in [0.5, 0.6) is 5.75 Å². The summed E-state index contributed by atoms with van der Waals surface area (Å²) >= 11 is 0. The lowest BCUT2D eigenvalue weighted by molar-refractivity contribution is -0.140. The van der Waals surface area contributed by atoms with Crippen molar-refractivity contribution in [1.29, 1.82) is 0 Å². The zero-order chi connectivity index (χ0) is 28.0. The maximum Gasteiger partial charge on any atom is 0.305 e. The first kappa shape index (κ1) is 28.8. The summed E-state index contributed by atoms with van der Waals surface area (Å²) in [5, 5.41) is 15.1. The maximum absolute atomic E-state index is 13.8. The molecule has 1 aromatic carbocycles. The lowest BCUT2D eigenvalue weighted by atomic mass is 9.87. The van der Waals surface area contributed by atoms with E-state index in [1.807, 2.05) is 0 Å². The molecule has 1 aliphatic rings. The summed E-state index contributed by atoms with van der Waals surface area (Å²) in [6.07, 6.45) is 3.84. The highest BCUT2D eigenvalue weighted by atomic mass is 19.2. The minimum atomic E-state index is -1.89. The first-order valence-electron chi connectivity index (χ1n) is 12.0.